The molecule has 0 spiro atoms. The molecule has 2 fully saturated rings. The van der Waals surface area contributed by atoms with Gasteiger partial charge in [0, 0.05) is 32.7 Å². The highest BCUT2D eigenvalue weighted by Crippen LogP contribution is 2.33. The second-order valence-corrected chi connectivity index (χ2v) is 7.69. The molecule has 7 nitrogen and oxygen atoms in total. The van der Waals surface area contributed by atoms with E-state index in [1.165, 1.54) is 5.56 Å². The number of benzene rings is 1. The largest absolute Gasteiger partial charge is 0.454 e. The summed E-state index contributed by atoms with van der Waals surface area (Å²) in [7, 11) is 0. The fourth-order valence-electron chi connectivity index (χ4n) is 4.16. The summed E-state index contributed by atoms with van der Waals surface area (Å²) in [5.74, 6) is 1.61. The number of hydrogen-bond acceptors (Lipinski definition) is 6. The predicted molar refractivity (Wildman–Crippen MR) is 99.2 cm³/mol. The molecular weight excluding hydrogens is 344 g/mol. The van der Waals surface area contributed by atoms with Gasteiger partial charge in [-0.25, -0.2) is 0 Å². The van der Waals surface area contributed by atoms with E-state index in [0.29, 0.717) is 13.3 Å². The Morgan fingerprint density at radius 3 is 2.56 bits per heavy atom. The highest BCUT2D eigenvalue weighted by atomic mass is 16.7. The number of amides is 1. The molecule has 1 aromatic rings. The Kier molecular flexibility index (Phi) is 5.19. The highest BCUT2D eigenvalue weighted by Gasteiger charge is 2.35. The van der Waals surface area contributed by atoms with E-state index in [1.54, 1.807) is 0 Å². The summed E-state index contributed by atoms with van der Waals surface area (Å²) in [4.78, 5) is 16.9. The van der Waals surface area contributed by atoms with Gasteiger partial charge >= 0.3 is 0 Å². The van der Waals surface area contributed by atoms with Gasteiger partial charge < -0.3 is 14.8 Å². The van der Waals surface area contributed by atoms with Crippen molar-refractivity contribution in [1.29, 1.82) is 5.26 Å². The molecule has 3 aliphatic rings. The van der Waals surface area contributed by atoms with Crippen LogP contribution >= 0.6 is 0 Å². The van der Waals surface area contributed by atoms with Gasteiger partial charge in [0.25, 0.3) is 0 Å². The summed E-state index contributed by atoms with van der Waals surface area (Å²) in [5, 5.41) is 12.4. The van der Waals surface area contributed by atoms with Gasteiger partial charge in [-0.1, -0.05) is 6.07 Å². The van der Waals surface area contributed by atoms with Gasteiger partial charge in [0.15, 0.2) is 11.5 Å². The van der Waals surface area contributed by atoms with Crippen molar-refractivity contribution in [3.8, 4) is 17.6 Å². The van der Waals surface area contributed by atoms with Crippen LogP contribution in [0.25, 0.3) is 0 Å². The number of fused-ring (bicyclic) bond motifs is 1. The zero-order valence-corrected chi connectivity index (χ0v) is 15.6. The van der Waals surface area contributed by atoms with E-state index >= 15 is 0 Å². The number of nitrogens with zero attached hydrogens (tertiary/aromatic N) is 3. The summed E-state index contributed by atoms with van der Waals surface area (Å²) in [6.07, 6.45) is 3.59. The Morgan fingerprint density at radius 2 is 1.81 bits per heavy atom. The van der Waals surface area contributed by atoms with Crippen molar-refractivity contribution in [3.05, 3.63) is 23.8 Å². The Hall–Kier alpha value is -2.30. The van der Waals surface area contributed by atoms with E-state index in [1.807, 2.05) is 12.1 Å². The maximum absolute atomic E-state index is 12.4. The van der Waals surface area contributed by atoms with E-state index in [0.717, 1.165) is 69.9 Å². The van der Waals surface area contributed by atoms with Crippen LogP contribution in [-0.4, -0.2) is 60.8 Å². The molecule has 1 saturated carbocycles. The number of piperazine rings is 1. The average Bonchev–Trinajstić information content (AvgIpc) is 3.32. The monoisotopic (exact) mass is 370 g/mol. The van der Waals surface area contributed by atoms with E-state index in [-0.39, 0.29) is 5.91 Å². The van der Waals surface area contributed by atoms with Gasteiger partial charge in [0.05, 0.1) is 12.6 Å². The van der Waals surface area contributed by atoms with Crippen molar-refractivity contribution in [1.82, 2.24) is 15.1 Å². The minimum atomic E-state index is -0.627. The maximum Gasteiger partial charge on any atom is 0.235 e. The van der Waals surface area contributed by atoms with Gasteiger partial charge in [-0.05, 0) is 43.4 Å². The van der Waals surface area contributed by atoms with E-state index in [2.05, 4.69) is 27.3 Å². The van der Waals surface area contributed by atoms with Crippen LogP contribution in [0.4, 0.5) is 0 Å². The van der Waals surface area contributed by atoms with Crippen LogP contribution in [0.2, 0.25) is 0 Å². The lowest BCUT2D eigenvalue weighted by Gasteiger charge is -2.35. The van der Waals surface area contributed by atoms with Crippen molar-refractivity contribution >= 4 is 5.91 Å². The Bertz CT molecular complexity index is 731. The van der Waals surface area contributed by atoms with E-state index < -0.39 is 5.54 Å². The lowest BCUT2D eigenvalue weighted by atomic mass is 10.00. The first kappa shape index (κ1) is 18.1. The normalized spacial score (nSPS) is 21.7. The second kappa shape index (κ2) is 7.75. The lowest BCUT2D eigenvalue weighted by Crippen LogP contribution is -2.52. The number of hydrogen-bond donors (Lipinski definition) is 1. The molecule has 0 radical (unpaired) electrons. The molecule has 0 unspecified atom stereocenters. The number of carbonyl (C=O) groups excluding carboxylic acids is 1. The molecule has 7 heteroatoms. The number of nitrogens with one attached hydrogen (secondary N) is 1. The van der Waals surface area contributed by atoms with Crippen LogP contribution in [-0.2, 0) is 11.3 Å². The quantitative estimate of drug-likeness (QED) is 0.846. The number of ether oxygens (including phenoxy) is 2. The van der Waals surface area contributed by atoms with Gasteiger partial charge in [-0.15, -0.1) is 0 Å². The van der Waals surface area contributed by atoms with Gasteiger partial charge in [0.1, 0.15) is 5.54 Å². The molecule has 0 bridgehead atoms. The van der Waals surface area contributed by atoms with Gasteiger partial charge in [-0.2, -0.15) is 5.26 Å². The minimum absolute atomic E-state index is 0.0253. The summed E-state index contributed by atoms with van der Waals surface area (Å²) in [6, 6.07) is 8.41. The summed E-state index contributed by atoms with van der Waals surface area (Å²) < 4.78 is 10.8. The third kappa shape index (κ3) is 4.18. The Labute approximate surface area is 159 Å². The standard InChI is InChI=1S/C20H26N4O3/c21-14-20(5-1-2-6-20)22-19(25)13-24-9-7-23(8-10-24)12-16-3-4-17-18(11-16)27-15-26-17/h3-4,11H,1-2,5-10,12-13,15H2,(H,22,25). The van der Waals surface area contributed by atoms with Crippen molar-refractivity contribution in [3.63, 3.8) is 0 Å². The van der Waals surface area contributed by atoms with Crippen LogP contribution in [0, 0.1) is 11.3 Å². The zero-order chi connectivity index (χ0) is 18.7. The van der Waals surface area contributed by atoms with Crippen LogP contribution in [0.15, 0.2) is 18.2 Å². The fourth-order valence-corrected chi connectivity index (χ4v) is 4.16. The molecule has 27 heavy (non-hydrogen) atoms. The molecule has 1 saturated heterocycles. The van der Waals surface area contributed by atoms with Crippen molar-refractivity contribution in [2.24, 2.45) is 0 Å². The maximum atomic E-state index is 12.4. The Morgan fingerprint density at radius 1 is 1.11 bits per heavy atom. The molecule has 2 aliphatic heterocycles. The number of carbonyl (C=O) groups is 1. The zero-order valence-electron chi connectivity index (χ0n) is 15.6. The first-order chi connectivity index (χ1) is 13.2. The number of rotatable bonds is 5. The third-order valence-corrected chi connectivity index (χ3v) is 5.73. The van der Waals surface area contributed by atoms with E-state index in [9.17, 15) is 10.1 Å². The highest BCUT2D eigenvalue weighted by molar-refractivity contribution is 5.79. The number of nitriles is 1. The molecular formula is C20H26N4O3. The van der Waals surface area contributed by atoms with Crippen LogP contribution in [0.5, 0.6) is 11.5 Å². The minimum Gasteiger partial charge on any atom is -0.454 e. The van der Waals surface area contributed by atoms with Crippen LogP contribution in [0.3, 0.4) is 0 Å². The average molecular weight is 370 g/mol. The Balaban J connectivity index is 1.23. The molecule has 0 atom stereocenters. The van der Waals surface area contributed by atoms with Crippen LogP contribution < -0.4 is 14.8 Å². The predicted octanol–water partition coefficient (Wildman–Crippen LogP) is 1.49. The lowest BCUT2D eigenvalue weighted by molar-refractivity contribution is -0.124. The third-order valence-electron chi connectivity index (χ3n) is 5.73. The summed E-state index contributed by atoms with van der Waals surface area (Å²) in [5.41, 5.74) is 0.584. The van der Waals surface area contributed by atoms with Gasteiger partial charge in [-0.3, -0.25) is 14.6 Å². The molecule has 1 N–H and O–H groups in total. The molecule has 0 aromatic heterocycles. The van der Waals surface area contributed by atoms with Crippen molar-refractivity contribution < 1.29 is 14.3 Å². The van der Waals surface area contributed by atoms with E-state index in [4.69, 9.17) is 9.47 Å². The topological polar surface area (TPSA) is 77.8 Å². The van der Waals surface area contributed by atoms with Crippen LogP contribution in [0.1, 0.15) is 31.2 Å². The summed E-state index contributed by atoms with van der Waals surface area (Å²) in [6.45, 7) is 5.10. The molecule has 2 heterocycles. The molecule has 1 aromatic carbocycles. The first-order valence-electron chi connectivity index (χ1n) is 9.71. The smallest absolute Gasteiger partial charge is 0.235 e. The molecule has 4 rings (SSSR count). The fraction of sp³-hybridized carbons (Fsp3) is 0.600. The molecule has 144 valence electrons. The van der Waals surface area contributed by atoms with Gasteiger partial charge in [0.2, 0.25) is 12.7 Å². The second-order valence-electron chi connectivity index (χ2n) is 7.69. The van der Waals surface area contributed by atoms with Crippen molar-refractivity contribution in [2.75, 3.05) is 39.5 Å². The molecule has 1 aliphatic carbocycles. The molecule has 1 amide bonds. The summed E-state index contributed by atoms with van der Waals surface area (Å²) >= 11 is 0. The van der Waals surface area contributed by atoms with Crippen molar-refractivity contribution in [2.45, 2.75) is 37.8 Å². The first-order valence-corrected chi connectivity index (χ1v) is 9.71. The SMILES string of the molecule is N#CC1(NC(=O)CN2CCN(Cc3ccc4c(c3)OCO4)CC2)CCCC1.